The van der Waals surface area contributed by atoms with Gasteiger partial charge in [0, 0.05) is 29.4 Å². The van der Waals surface area contributed by atoms with Crippen molar-refractivity contribution in [1.29, 1.82) is 0 Å². The molecular weight excluding hydrogens is 447 g/mol. The van der Waals surface area contributed by atoms with Gasteiger partial charge in [0.1, 0.15) is 5.75 Å². The van der Waals surface area contributed by atoms with E-state index in [-0.39, 0.29) is 11.8 Å². The topological polar surface area (TPSA) is 58.6 Å². The molecule has 1 aliphatic heterocycles. The summed E-state index contributed by atoms with van der Waals surface area (Å²) >= 11 is 12.1. The molecule has 1 atom stereocenters. The average molecular weight is 469 g/mol. The second-order valence-corrected chi connectivity index (χ2v) is 8.44. The number of amides is 2. The molecule has 0 aromatic heterocycles. The Morgan fingerprint density at radius 1 is 1.09 bits per heavy atom. The standard InChI is InChI=1S/C25H22Cl2N2O3/c1-2-22-25(31)29(14-16-7-9-18(26)10-8-16)15-17-13-19(11-12-23(17)32-22)28-24(30)20-5-3-4-6-21(20)27/h3-13,22H,2,14-15H2,1H3,(H,28,30)/t22-/m1/s1. The molecule has 0 radical (unpaired) electrons. The molecule has 0 aliphatic carbocycles. The summed E-state index contributed by atoms with van der Waals surface area (Å²) in [5.41, 5.74) is 2.79. The number of carbonyl (C=O) groups excluding carboxylic acids is 2. The third-order valence-corrected chi connectivity index (χ3v) is 5.89. The van der Waals surface area contributed by atoms with Crippen molar-refractivity contribution in [2.24, 2.45) is 0 Å². The summed E-state index contributed by atoms with van der Waals surface area (Å²) in [5.74, 6) is 0.269. The number of hydrogen-bond donors (Lipinski definition) is 1. The van der Waals surface area contributed by atoms with Gasteiger partial charge in [0.25, 0.3) is 11.8 Å². The molecule has 3 aromatic rings. The number of ether oxygens (including phenoxy) is 1. The molecule has 0 bridgehead atoms. The van der Waals surface area contributed by atoms with Gasteiger partial charge in [0.15, 0.2) is 6.10 Å². The maximum Gasteiger partial charge on any atom is 0.264 e. The number of anilines is 1. The van der Waals surface area contributed by atoms with Gasteiger partial charge in [-0.05, 0) is 54.4 Å². The largest absolute Gasteiger partial charge is 0.480 e. The Bertz CT molecular complexity index is 1150. The smallest absolute Gasteiger partial charge is 0.264 e. The molecule has 164 valence electrons. The van der Waals surface area contributed by atoms with Gasteiger partial charge < -0.3 is 15.0 Å². The van der Waals surface area contributed by atoms with Crippen LogP contribution >= 0.6 is 23.2 Å². The number of fused-ring (bicyclic) bond motifs is 1. The maximum absolute atomic E-state index is 13.1. The summed E-state index contributed by atoms with van der Waals surface area (Å²) in [6.07, 6.45) is -0.00692. The summed E-state index contributed by atoms with van der Waals surface area (Å²) < 4.78 is 6.02. The average Bonchev–Trinajstić information content (AvgIpc) is 2.91. The van der Waals surface area contributed by atoms with E-state index in [1.54, 1.807) is 41.3 Å². The zero-order chi connectivity index (χ0) is 22.7. The molecule has 0 unspecified atom stereocenters. The number of hydrogen-bond acceptors (Lipinski definition) is 3. The fourth-order valence-corrected chi connectivity index (χ4v) is 3.98. The fraction of sp³-hybridized carbons (Fsp3) is 0.200. The van der Waals surface area contributed by atoms with E-state index in [0.717, 1.165) is 11.1 Å². The van der Waals surface area contributed by atoms with E-state index in [0.29, 0.717) is 46.6 Å². The molecule has 1 N–H and O–H groups in total. The van der Waals surface area contributed by atoms with E-state index in [1.165, 1.54) is 0 Å². The number of carbonyl (C=O) groups is 2. The van der Waals surface area contributed by atoms with Gasteiger partial charge in [0.2, 0.25) is 0 Å². The first-order valence-corrected chi connectivity index (χ1v) is 11.1. The van der Waals surface area contributed by atoms with E-state index in [9.17, 15) is 9.59 Å². The van der Waals surface area contributed by atoms with Crippen LogP contribution in [0.4, 0.5) is 5.69 Å². The van der Waals surface area contributed by atoms with Gasteiger partial charge in [-0.2, -0.15) is 0 Å². The number of nitrogens with one attached hydrogen (secondary N) is 1. The summed E-state index contributed by atoms with van der Waals surface area (Å²) in [4.78, 5) is 27.5. The van der Waals surface area contributed by atoms with Crippen LogP contribution in [0.3, 0.4) is 0 Å². The zero-order valence-electron chi connectivity index (χ0n) is 17.5. The molecule has 0 saturated carbocycles. The van der Waals surface area contributed by atoms with Gasteiger partial charge in [0.05, 0.1) is 10.6 Å². The lowest BCUT2D eigenvalue weighted by Gasteiger charge is -2.23. The zero-order valence-corrected chi connectivity index (χ0v) is 19.0. The molecule has 0 saturated heterocycles. The third kappa shape index (κ3) is 4.90. The lowest BCUT2D eigenvalue weighted by molar-refractivity contribution is -0.139. The number of rotatable bonds is 5. The normalized spacial score (nSPS) is 15.5. The third-order valence-electron chi connectivity index (χ3n) is 5.31. The summed E-state index contributed by atoms with van der Waals surface area (Å²) in [7, 11) is 0. The highest BCUT2D eigenvalue weighted by Crippen LogP contribution is 2.30. The first-order chi connectivity index (χ1) is 15.4. The van der Waals surface area contributed by atoms with Crippen LogP contribution in [0.15, 0.2) is 66.7 Å². The van der Waals surface area contributed by atoms with Crippen LogP contribution in [0.1, 0.15) is 34.8 Å². The van der Waals surface area contributed by atoms with Crippen molar-refractivity contribution in [2.75, 3.05) is 5.32 Å². The lowest BCUT2D eigenvalue weighted by atomic mass is 10.1. The van der Waals surface area contributed by atoms with Crippen LogP contribution in [0, 0.1) is 0 Å². The molecule has 3 aromatic carbocycles. The Balaban J connectivity index is 1.59. The van der Waals surface area contributed by atoms with Crippen LogP contribution in [0.25, 0.3) is 0 Å². The second kappa shape index (κ2) is 9.63. The van der Waals surface area contributed by atoms with Crippen LogP contribution in [0.5, 0.6) is 5.75 Å². The van der Waals surface area contributed by atoms with Crippen molar-refractivity contribution >= 4 is 40.7 Å². The molecule has 1 heterocycles. The predicted molar refractivity (Wildman–Crippen MR) is 126 cm³/mol. The van der Waals surface area contributed by atoms with Gasteiger partial charge in [-0.15, -0.1) is 0 Å². The minimum absolute atomic E-state index is 0.0692. The maximum atomic E-state index is 13.1. The Kier molecular flexibility index (Phi) is 6.68. The van der Waals surface area contributed by atoms with Crippen LogP contribution in [0.2, 0.25) is 10.0 Å². The number of benzene rings is 3. The van der Waals surface area contributed by atoms with Crippen LogP contribution < -0.4 is 10.1 Å². The minimum atomic E-state index is -0.563. The van der Waals surface area contributed by atoms with Crippen molar-refractivity contribution in [2.45, 2.75) is 32.5 Å². The molecule has 4 rings (SSSR count). The van der Waals surface area contributed by atoms with Gasteiger partial charge in [-0.1, -0.05) is 54.4 Å². The van der Waals surface area contributed by atoms with Crippen molar-refractivity contribution in [3.63, 3.8) is 0 Å². The Labute approximate surface area is 196 Å². The monoisotopic (exact) mass is 468 g/mol. The Morgan fingerprint density at radius 2 is 1.84 bits per heavy atom. The van der Waals surface area contributed by atoms with Crippen LogP contribution in [-0.2, 0) is 17.9 Å². The number of halogens is 2. The van der Waals surface area contributed by atoms with Gasteiger partial charge >= 0.3 is 0 Å². The second-order valence-electron chi connectivity index (χ2n) is 7.59. The molecule has 0 spiro atoms. The highest BCUT2D eigenvalue weighted by Gasteiger charge is 2.30. The molecule has 0 fully saturated rings. The van der Waals surface area contributed by atoms with E-state index >= 15 is 0 Å². The van der Waals surface area contributed by atoms with Gasteiger partial charge in [-0.25, -0.2) is 0 Å². The molecular formula is C25H22Cl2N2O3. The van der Waals surface area contributed by atoms with Crippen LogP contribution in [-0.4, -0.2) is 22.8 Å². The first-order valence-electron chi connectivity index (χ1n) is 10.3. The summed E-state index contributed by atoms with van der Waals surface area (Å²) in [5, 5.41) is 3.91. The van der Waals surface area contributed by atoms with Gasteiger partial charge in [-0.3, -0.25) is 9.59 Å². The lowest BCUT2D eigenvalue weighted by Crippen LogP contribution is -2.38. The van der Waals surface area contributed by atoms with Crippen molar-refractivity contribution in [3.05, 3.63) is 93.5 Å². The minimum Gasteiger partial charge on any atom is -0.480 e. The highest BCUT2D eigenvalue weighted by atomic mass is 35.5. The highest BCUT2D eigenvalue weighted by molar-refractivity contribution is 6.34. The van der Waals surface area contributed by atoms with E-state index in [2.05, 4.69) is 5.32 Å². The quantitative estimate of drug-likeness (QED) is 0.503. The van der Waals surface area contributed by atoms with E-state index in [1.807, 2.05) is 37.3 Å². The van der Waals surface area contributed by atoms with Crippen molar-refractivity contribution in [3.8, 4) is 5.75 Å². The Hall–Kier alpha value is -3.02. The van der Waals surface area contributed by atoms with E-state index in [4.69, 9.17) is 27.9 Å². The molecule has 2 amide bonds. The van der Waals surface area contributed by atoms with Crippen molar-refractivity contribution in [1.82, 2.24) is 4.90 Å². The molecule has 5 nitrogen and oxygen atoms in total. The summed E-state index contributed by atoms with van der Waals surface area (Å²) in [6.45, 7) is 2.72. The SMILES string of the molecule is CC[C@H]1Oc2ccc(NC(=O)c3ccccc3Cl)cc2CN(Cc2ccc(Cl)cc2)C1=O. The number of nitrogens with zero attached hydrogens (tertiary/aromatic N) is 1. The fourth-order valence-electron chi connectivity index (χ4n) is 3.63. The van der Waals surface area contributed by atoms with Crippen molar-refractivity contribution < 1.29 is 14.3 Å². The first kappa shape index (κ1) is 22.2. The molecule has 1 aliphatic rings. The summed E-state index contributed by atoms with van der Waals surface area (Å²) in [6, 6.07) is 19.7. The Morgan fingerprint density at radius 3 is 2.56 bits per heavy atom. The van der Waals surface area contributed by atoms with E-state index < -0.39 is 6.10 Å². The predicted octanol–water partition coefficient (Wildman–Crippen LogP) is 5.95. The molecule has 32 heavy (non-hydrogen) atoms. The molecule has 7 heteroatoms.